The van der Waals surface area contributed by atoms with Gasteiger partial charge in [0.25, 0.3) is 5.91 Å². The smallest absolute Gasteiger partial charge is 0.414 e. The maximum absolute atomic E-state index is 14.3. The number of nitrogens with one attached hydrogen (secondary N) is 1. The van der Waals surface area contributed by atoms with E-state index in [0.717, 1.165) is 9.87 Å². The number of carboxylic acids is 1. The summed E-state index contributed by atoms with van der Waals surface area (Å²) in [5.41, 5.74) is 1.24. The monoisotopic (exact) mass is 666 g/mol. The number of rotatable bonds is 9. The molecule has 2 aliphatic rings. The lowest BCUT2D eigenvalue weighted by Crippen LogP contribution is -2.63. The number of hydrogen-bond acceptors (Lipinski definition) is 10. The van der Waals surface area contributed by atoms with E-state index in [1.54, 1.807) is 19.1 Å². The molecule has 2 fully saturated rings. The number of aliphatic carboxylic acids is 1. The second kappa shape index (κ2) is 14.2. The normalized spacial score (nSPS) is 21.3. The van der Waals surface area contributed by atoms with Crippen molar-refractivity contribution in [2.45, 2.75) is 35.7 Å². The van der Waals surface area contributed by atoms with Crippen LogP contribution in [0.15, 0.2) is 53.4 Å². The number of amides is 3. The minimum atomic E-state index is -4.27. The van der Waals surface area contributed by atoms with Crippen LogP contribution >= 0.6 is 11.8 Å². The van der Waals surface area contributed by atoms with Crippen molar-refractivity contribution in [2.24, 2.45) is 0 Å². The maximum Gasteiger partial charge on any atom is 0.414 e. The topological polar surface area (TPSA) is 171 Å². The summed E-state index contributed by atoms with van der Waals surface area (Å²) < 4.78 is 46.2. The fraction of sp³-hybridized carbons (Fsp3) is 0.429. The molecule has 0 saturated carbocycles. The number of carbonyl (C=O) groups excluding carboxylic acids is 3. The third kappa shape index (κ3) is 7.66. The summed E-state index contributed by atoms with van der Waals surface area (Å²) in [7, 11) is -2.83. The van der Waals surface area contributed by atoms with E-state index in [2.05, 4.69) is 5.32 Å². The molecular formula is C28H34N4O9S3. The van der Waals surface area contributed by atoms with Crippen LogP contribution in [0.3, 0.4) is 0 Å². The van der Waals surface area contributed by atoms with E-state index in [1.165, 1.54) is 67.2 Å². The molecule has 2 N–H and O–H groups in total. The highest BCUT2D eigenvalue weighted by atomic mass is 32.2. The zero-order valence-corrected chi connectivity index (χ0v) is 26.8. The Hall–Kier alpha value is -3.31. The number of nitrogens with zero attached hydrogens (tertiary/aromatic N) is 3. The largest absolute Gasteiger partial charge is 0.480 e. The van der Waals surface area contributed by atoms with E-state index in [-0.39, 0.29) is 29.4 Å². The Bertz CT molecular complexity index is 1530. The van der Waals surface area contributed by atoms with Gasteiger partial charge in [0, 0.05) is 61.7 Å². The SMILES string of the molecule is Cc1ccc(S(=O)(=O)N2CCS(=O)CC2C(=O)N(C(=O)[C@H]2NCCS2)[C@@H](Cc2ccc(OC(=O)N(C)C)cc2)C(=O)O)cc1. The highest BCUT2D eigenvalue weighted by Gasteiger charge is 2.47. The third-order valence-electron chi connectivity index (χ3n) is 7.08. The van der Waals surface area contributed by atoms with Gasteiger partial charge in [0.15, 0.2) is 0 Å². The fourth-order valence-corrected chi connectivity index (χ4v) is 8.70. The van der Waals surface area contributed by atoms with Crippen LogP contribution < -0.4 is 10.1 Å². The van der Waals surface area contributed by atoms with E-state index in [0.29, 0.717) is 22.8 Å². The Kier molecular flexibility index (Phi) is 10.8. The van der Waals surface area contributed by atoms with Crippen molar-refractivity contribution in [1.29, 1.82) is 0 Å². The van der Waals surface area contributed by atoms with E-state index in [9.17, 15) is 36.9 Å². The predicted octanol–water partition coefficient (Wildman–Crippen LogP) is 0.891. The van der Waals surface area contributed by atoms with Gasteiger partial charge in [-0.3, -0.25) is 24.0 Å². The van der Waals surface area contributed by atoms with Crippen LogP contribution in [0.4, 0.5) is 4.79 Å². The van der Waals surface area contributed by atoms with Gasteiger partial charge in [-0.15, -0.1) is 11.8 Å². The van der Waals surface area contributed by atoms with Crippen LogP contribution in [0.1, 0.15) is 11.1 Å². The molecule has 238 valence electrons. The first-order valence-electron chi connectivity index (χ1n) is 13.7. The maximum atomic E-state index is 14.3. The van der Waals surface area contributed by atoms with Crippen LogP contribution in [-0.4, -0.2) is 118 Å². The van der Waals surface area contributed by atoms with Gasteiger partial charge >= 0.3 is 12.1 Å². The molecule has 16 heteroatoms. The molecule has 2 heterocycles. The molecule has 0 bridgehead atoms. The number of hydrogen-bond donors (Lipinski definition) is 2. The minimum Gasteiger partial charge on any atom is -0.480 e. The number of carbonyl (C=O) groups is 4. The van der Waals surface area contributed by atoms with Crippen LogP contribution in [0.5, 0.6) is 5.75 Å². The van der Waals surface area contributed by atoms with Crippen LogP contribution in [0.2, 0.25) is 0 Å². The second-order valence-electron chi connectivity index (χ2n) is 10.5. The van der Waals surface area contributed by atoms with Crippen LogP contribution in [-0.2, 0) is 41.6 Å². The van der Waals surface area contributed by atoms with Crippen LogP contribution in [0, 0.1) is 6.92 Å². The van der Waals surface area contributed by atoms with Gasteiger partial charge in [-0.1, -0.05) is 29.8 Å². The highest BCUT2D eigenvalue weighted by molar-refractivity contribution is 8.00. The number of imide groups is 1. The molecule has 0 aliphatic carbocycles. The molecule has 0 aromatic heterocycles. The molecule has 2 aromatic carbocycles. The molecule has 3 amide bonds. The summed E-state index contributed by atoms with van der Waals surface area (Å²) in [6.07, 6.45) is -0.924. The molecule has 4 rings (SSSR count). The first-order valence-corrected chi connectivity index (χ1v) is 17.6. The van der Waals surface area contributed by atoms with Crippen molar-refractivity contribution in [3.8, 4) is 5.75 Å². The van der Waals surface area contributed by atoms with E-state index >= 15 is 0 Å². The number of aryl methyl sites for hydroxylation is 1. The number of thioether (sulfide) groups is 1. The standard InChI is InChI=1S/C28H34N4O9S3/c1-18-4-10-21(11-5-18)44(39,40)31-13-15-43(38)17-23(31)25(33)32(26(34)24-29-12-14-42-24)22(27(35)36)16-19-6-8-20(9-7-19)41-28(37)30(2)3/h4-11,22-24,29H,12-17H2,1-3H3,(H,35,36)/t22-,23?,24-,43?/m0/s1. The minimum absolute atomic E-state index is 0.0179. The van der Waals surface area contributed by atoms with E-state index in [1.807, 2.05) is 0 Å². The summed E-state index contributed by atoms with van der Waals surface area (Å²) in [5.74, 6) is -3.03. The summed E-state index contributed by atoms with van der Waals surface area (Å²) in [6.45, 7) is 2.00. The summed E-state index contributed by atoms with van der Waals surface area (Å²) in [4.78, 5) is 54.4. The zero-order valence-electron chi connectivity index (χ0n) is 24.4. The quantitative estimate of drug-likeness (QED) is 0.365. The number of benzene rings is 2. The van der Waals surface area contributed by atoms with Gasteiger partial charge in [0.2, 0.25) is 15.9 Å². The Morgan fingerprint density at radius 2 is 1.75 bits per heavy atom. The third-order valence-corrected chi connectivity index (χ3v) is 11.5. The van der Waals surface area contributed by atoms with Gasteiger partial charge in [-0.05, 0) is 36.8 Å². The number of sulfonamides is 1. The van der Waals surface area contributed by atoms with Gasteiger partial charge in [-0.2, -0.15) is 4.31 Å². The Labute approximate surface area is 262 Å². The van der Waals surface area contributed by atoms with E-state index < -0.39 is 67.9 Å². The average molecular weight is 667 g/mol. The highest BCUT2D eigenvalue weighted by Crippen LogP contribution is 2.27. The number of ether oxygens (including phenoxy) is 1. The number of carboxylic acid groups (broad SMARTS) is 1. The van der Waals surface area contributed by atoms with Crippen molar-refractivity contribution in [3.63, 3.8) is 0 Å². The molecule has 2 aromatic rings. The Balaban J connectivity index is 1.70. The first-order chi connectivity index (χ1) is 20.8. The molecule has 2 saturated heterocycles. The molecule has 0 radical (unpaired) electrons. The van der Waals surface area contributed by atoms with Gasteiger partial charge in [0.1, 0.15) is 23.2 Å². The lowest BCUT2D eigenvalue weighted by atomic mass is 10.0. The average Bonchev–Trinajstić information content (AvgIpc) is 3.53. The molecular weight excluding hydrogens is 633 g/mol. The van der Waals surface area contributed by atoms with Crippen molar-refractivity contribution in [1.82, 2.24) is 19.4 Å². The molecule has 2 unspecified atom stereocenters. The molecule has 2 aliphatic heterocycles. The van der Waals surface area contributed by atoms with Gasteiger partial charge < -0.3 is 14.7 Å². The first kappa shape index (κ1) is 33.6. The fourth-order valence-electron chi connectivity index (χ4n) is 4.70. The van der Waals surface area contributed by atoms with E-state index in [4.69, 9.17) is 4.74 Å². The summed E-state index contributed by atoms with van der Waals surface area (Å²) in [6, 6.07) is 8.67. The zero-order chi connectivity index (χ0) is 32.2. The molecule has 4 atom stereocenters. The van der Waals surface area contributed by atoms with Gasteiger partial charge in [-0.25, -0.2) is 18.0 Å². The molecule has 44 heavy (non-hydrogen) atoms. The summed E-state index contributed by atoms with van der Waals surface area (Å²) in [5, 5.41) is 12.3. The lowest BCUT2D eigenvalue weighted by Gasteiger charge is -2.38. The Morgan fingerprint density at radius 1 is 1.09 bits per heavy atom. The predicted molar refractivity (Wildman–Crippen MR) is 164 cm³/mol. The Morgan fingerprint density at radius 3 is 2.32 bits per heavy atom. The van der Waals surface area contributed by atoms with Crippen molar-refractivity contribution in [3.05, 3.63) is 59.7 Å². The molecule has 0 spiro atoms. The molecule has 13 nitrogen and oxygen atoms in total. The van der Waals surface area contributed by atoms with Gasteiger partial charge in [0.05, 0.1) is 4.90 Å². The van der Waals surface area contributed by atoms with Crippen molar-refractivity contribution >= 4 is 56.5 Å². The van der Waals surface area contributed by atoms with Crippen molar-refractivity contribution in [2.75, 3.05) is 44.4 Å². The lowest BCUT2D eigenvalue weighted by molar-refractivity contribution is -0.159. The van der Waals surface area contributed by atoms with Crippen LogP contribution in [0.25, 0.3) is 0 Å². The second-order valence-corrected chi connectivity index (χ2v) is 15.2. The van der Waals surface area contributed by atoms with Crippen molar-refractivity contribution < 1.29 is 41.6 Å². The summed E-state index contributed by atoms with van der Waals surface area (Å²) >= 11 is 1.20.